The number of hydrogen-bond acceptors (Lipinski definition) is 5. The summed E-state index contributed by atoms with van der Waals surface area (Å²) in [6, 6.07) is 8.51. The van der Waals surface area contributed by atoms with Crippen LogP contribution in [0.25, 0.3) is 0 Å². The molecular weight excluding hydrogens is 256 g/mol. The molecule has 1 aliphatic heterocycles. The third-order valence-corrected chi connectivity index (χ3v) is 4.87. The van der Waals surface area contributed by atoms with Gasteiger partial charge in [0.05, 0.1) is 5.69 Å². The highest BCUT2D eigenvalue weighted by Crippen LogP contribution is 2.40. The second-order valence-electron chi connectivity index (χ2n) is 4.95. The van der Waals surface area contributed by atoms with E-state index < -0.39 is 0 Å². The molecule has 4 rings (SSSR count). The average Bonchev–Trinajstić information content (AvgIpc) is 2.87. The van der Waals surface area contributed by atoms with Crippen molar-refractivity contribution in [3.8, 4) is 0 Å². The molecular formula is C14H14N4S. The summed E-state index contributed by atoms with van der Waals surface area (Å²) in [6.45, 7) is 0. The van der Waals surface area contributed by atoms with Crippen LogP contribution in [0.15, 0.2) is 24.3 Å². The number of nitrogens with two attached hydrogens (primary N) is 1. The van der Waals surface area contributed by atoms with Crippen LogP contribution < -0.4 is 11.3 Å². The Hall–Kier alpha value is -1.59. The first-order valence-corrected chi connectivity index (χ1v) is 7.54. The highest BCUT2D eigenvalue weighted by molar-refractivity contribution is 7.98. The molecule has 2 aliphatic rings. The Morgan fingerprint density at radius 1 is 1.21 bits per heavy atom. The molecule has 2 heterocycles. The molecule has 1 aromatic carbocycles. The van der Waals surface area contributed by atoms with Gasteiger partial charge in [-0.05, 0) is 17.5 Å². The topological polar surface area (TPSA) is 63.8 Å². The van der Waals surface area contributed by atoms with E-state index in [9.17, 15) is 0 Å². The van der Waals surface area contributed by atoms with Gasteiger partial charge in [0, 0.05) is 23.0 Å². The SMILES string of the molecule is NNc1nc(C2Cc3ccccc32)nc2c1CSC2. The predicted octanol–water partition coefficient (Wildman–Crippen LogP) is 2.20. The Kier molecular flexibility index (Phi) is 2.50. The summed E-state index contributed by atoms with van der Waals surface area (Å²) in [4.78, 5) is 9.38. The van der Waals surface area contributed by atoms with Crippen molar-refractivity contribution in [2.45, 2.75) is 23.8 Å². The molecule has 5 heteroatoms. The van der Waals surface area contributed by atoms with E-state index in [4.69, 9.17) is 10.8 Å². The molecule has 0 amide bonds. The van der Waals surface area contributed by atoms with Crippen LogP contribution in [-0.2, 0) is 17.9 Å². The van der Waals surface area contributed by atoms with Crippen molar-refractivity contribution in [2.75, 3.05) is 5.43 Å². The largest absolute Gasteiger partial charge is 0.308 e. The molecule has 4 nitrogen and oxygen atoms in total. The van der Waals surface area contributed by atoms with Crippen molar-refractivity contribution in [3.05, 3.63) is 52.5 Å². The Morgan fingerprint density at radius 2 is 2.11 bits per heavy atom. The highest BCUT2D eigenvalue weighted by Gasteiger charge is 2.31. The van der Waals surface area contributed by atoms with E-state index in [1.54, 1.807) is 0 Å². The predicted molar refractivity (Wildman–Crippen MR) is 76.8 cm³/mol. The maximum absolute atomic E-state index is 5.60. The lowest BCUT2D eigenvalue weighted by Crippen LogP contribution is -2.22. The second kappa shape index (κ2) is 4.21. The fourth-order valence-corrected chi connectivity index (χ4v) is 3.88. The van der Waals surface area contributed by atoms with E-state index in [1.165, 1.54) is 16.7 Å². The maximum Gasteiger partial charge on any atom is 0.148 e. The molecule has 1 aromatic heterocycles. The van der Waals surface area contributed by atoms with Crippen molar-refractivity contribution >= 4 is 17.6 Å². The van der Waals surface area contributed by atoms with Crippen LogP contribution >= 0.6 is 11.8 Å². The van der Waals surface area contributed by atoms with Gasteiger partial charge in [-0.25, -0.2) is 15.8 Å². The van der Waals surface area contributed by atoms with Gasteiger partial charge in [0.15, 0.2) is 0 Å². The molecule has 0 spiro atoms. The van der Waals surface area contributed by atoms with E-state index in [2.05, 4.69) is 34.7 Å². The Balaban J connectivity index is 1.78. The molecule has 96 valence electrons. The van der Waals surface area contributed by atoms with Crippen LogP contribution in [0.2, 0.25) is 0 Å². The first-order valence-electron chi connectivity index (χ1n) is 6.38. The van der Waals surface area contributed by atoms with Gasteiger partial charge < -0.3 is 5.43 Å². The standard InChI is InChI=1S/C14H14N4S/c15-18-14-11-6-19-7-12(11)16-13(17-14)10-5-8-3-1-2-4-9(8)10/h1-4,10H,5-7,15H2,(H,16,17,18). The molecule has 0 saturated heterocycles. The van der Waals surface area contributed by atoms with Gasteiger partial charge in [0.1, 0.15) is 11.6 Å². The van der Waals surface area contributed by atoms with E-state index in [0.717, 1.165) is 35.3 Å². The summed E-state index contributed by atoms with van der Waals surface area (Å²) in [5.41, 5.74) is 7.81. The first-order chi connectivity index (χ1) is 9.36. The van der Waals surface area contributed by atoms with Crippen LogP contribution in [0.1, 0.15) is 34.1 Å². The van der Waals surface area contributed by atoms with Gasteiger partial charge >= 0.3 is 0 Å². The number of hydrogen-bond donors (Lipinski definition) is 2. The molecule has 0 fully saturated rings. The normalized spacial score (nSPS) is 19.5. The third-order valence-electron chi connectivity index (χ3n) is 3.90. The number of benzene rings is 1. The molecule has 1 unspecified atom stereocenters. The van der Waals surface area contributed by atoms with Gasteiger partial charge in [-0.3, -0.25) is 0 Å². The minimum absolute atomic E-state index is 0.333. The summed E-state index contributed by atoms with van der Waals surface area (Å²) in [5, 5.41) is 0. The Bertz CT molecular complexity index is 656. The molecule has 0 bridgehead atoms. The number of fused-ring (bicyclic) bond motifs is 2. The Labute approximate surface area is 115 Å². The lowest BCUT2D eigenvalue weighted by Gasteiger charge is -2.29. The lowest BCUT2D eigenvalue weighted by atomic mass is 9.77. The number of thioether (sulfide) groups is 1. The number of anilines is 1. The molecule has 0 radical (unpaired) electrons. The first kappa shape index (κ1) is 11.3. The zero-order valence-electron chi connectivity index (χ0n) is 10.4. The van der Waals surface area contributed by atoms with E-state index >= 15 is 0 Å². The summed E-state index contributed by atoms with van der Waals surface area (Å²) < 4.78 is 0. The number of aromatic nitrogens is 2. The monoisotopic (exact) mass is 270 g/mol. The number of nitrogens with zero attached hydrogens (tertiary/aromatic N) is 2. The number of nitrogen functional groups attached to an aromatic ring is 1. The summed E-state index contributed by atoms with van der Waals surface area (Å²) in [5.74, 6) is 9.56. The number of nitrogens with one attached hydrogen (secondary N) is 1. The van der Waals surface area contributed by atoms with Crippen LogP contribution in [0.5, 0.6) is 0 Å². The van der Waals surface area contributed by atoms with E-state index in [0.29, 0.717) is 5.92 Å². The summed E-state index contributed by atoms with van der Waals surface area (Å²) >= 11 is 1.87. The fraction of sp³-hybridized carbons (Fsp3) is 0.286. The van der Waals surface area contributed by atoms with Crippen LogP contribution in [0.3, 0.4) is 0 Å². The van der Waals surface area contributed by atoms with Crippen molar-refractivity contribution in [1.29, 1.82) is 0 Å². The zero-order chi connectivity index (χ0) is 12.8. The Morgan fingerprint density at radius 3 is 2.95 bits per heavy atom. The molecule has 1 atom stereocenters. The van der Waals surface area contributed by atoms with Crippen molar-refractivity contribution in [1.82, 2.24) is 9.97 Å². The number of hydrazine groups is 1. The molecule has 19 heavy (non-hydrogen) atoms. The van der Waals surface area contributed by atoms with Crippen molar-refractivity contribution in [3.63, 3.8) is 0 Å². The maximum atomic E-state index is 5.60. The summed E-state index contributed by atoms with van der Waals surface area (Å²) in [7, 11) is 0. The quantitative estimate of drug-likeness (QED) is 0.647. The highest BCUT2D eigenvalue weighted by atomic mass is 32.2. The smallest absolute Gasteiger partial charge is 0.148 e. The summed E-state index contributed by atoms with van der Waals surface area (Å²) in [6.07, 6.45) is 1.03. The van der Waals surface area contributed by atoms with Gasteiger partial charge in [-0.1, -0.05) is 24.3 Å². The average molecular weight is 270 g/mol. The van der Waals surface area contributed by atoms with Crippen molar-refractivity contribution in [2.24, 2.45) is 5.84 Å². The van der Waals surface area contributed by atoms with E-state index in [-0.39, 0.29) is 0 Å². The third kappa shape index (κ3) is 1.65. The minimum Gasteiger partial charge on any atom is -0.308 e. The van der Waals surface area contributed by atoms with E-state index in [1.807, 2.05) is 11.8 Å². The zero-order valence-corrected chi connectivity index (χ0v) is 11.2. The second-order valence-corrected chi connectivity index (χ2v) is 5.93. The molecule has 2 aromatic rings. The lowest BCUT2D eigenvalue weighted by molar-refractivity contribution is 0.656. The molecule has 3 N–H and O–H groups in total. The molecule has 0 saturated carbocycles. The van der Waals surface area contributed by atoms with Crippen molar-refractivity contribution < 1.29 is 0 Å². The van der Waals surface area contributed by atoms with Gasteiger partial charge in [-0.2, -0.15) is 11.8 Å². The number of rotatable bonds is 2. The van der Waals surface area contributed by atoms with Gasteiger partial charge in [-0.15, -0.1) is 0 Å². The van der Waals surface area contributed by atoms with Gasteiger partial charge in [0.2, 0.25) is 0 Å². The van der Waals surface area contributed by atoms with Gasteiger partial charge in [0.25, 0.3) is 0 Å². The van der Waals surface area contributed by atoms with Crippen LogP contribution in [-0.4, -0.2) is 9.97 Å². The fourth-order valence-electron chi connectivity index (χ4n) is 2.83. The van der Waals surface area contributed by atoms with Crippen LogP contribution in [0.4, 0.5) is 5.82 Å². The van der Waals surface area contributed by atoms with Crippen LogP contribution in [0, 0.1) is 0 Å². The minimum atomic E-state index is 0.333. The molecule has 1 aliphatic carbocycles.